The molecule has 0 bridgehead atoms. The van der Waals surface area contributed by atoms with Crippen molar-refractivity contribution < 1.29 is 12.8 Å². The van der Waals surface area contributed by atoms with Crippen molar-refractivity contribution >= 4 is 15.7 Å². The van der Waals surface area contributed by atoms with E-state index in [4.69, 9.17) is 0 Å². The van der Waals surface area contributed by atoms with Crippen LogP contribution in [0.25, 0.3) is 0 Å². The Bertz CT molecular complexity index is 525. The average molecular weight is 272 g/mol. The summed E-state index contributed by atoms with van der Waals surface area (Å²) >= 11 is 0. The van der Waals surface area contributed by atoms with E-state index in [2.05, 4.69) is 10.0 Å². The van der Waals surface area contributed by atoms with Gasteiger partial charge in [-0.2, -0.15) is 0 Å². The highest BCUT2D eigenvalue weighted by Crippen LogP contribution is 2.16. The van der Waals surface area contributed by atoms with Crippen LogP contribution >= 0.6 is 0 Å². The van der Waals surface area contributed by atoms with E-state index in [9.17, 15) is 12.8 Å². The topological polar surface area (TPSA) is 58.2 Å². The Morgan fingerprint density at radius 1 is 1.50 bits per heavy atom. The smallest absolute Gasteiger partial charge is 0.234 e. The van der Waals surface area contributed by atoms with Gasteiger partial charge >= 0.3 is 0 Å². The van der Waals surface area contributed by atoms with Crippen molar-refractivity contribution in [1.82, 2.24) is 5.32 Å². The zero-order chi connectivity index (χ0) is 13.2. The molecule has 4 nitrogen and oxygen atoms in total. The SMILES string of the molecule is Cc1ccc(NS(=O)(=O)CC2CCCN2)cc1F. The van der Waals surface area contributed by atoms with E-state index in [0.717, 1.165) is 19.4 Å². The van der Waals surface area contributed by atoms with E-state index in [1.807, 2.05) is 0 Å². The Morgan fingerprint density at radius 3 is 2.89 bits per heavy atom. The Balaban J connectivity index is 2.04. The van der Waals surface area contributed by atoms with Crippen LogP contribution in [0.2, 0.25) is 0 Å². The van der Waals surface area contributed by atoms with E-state index in [0.29, 0.717) is 5.56 Å². The Morgan fingerprint density at radius 2 is 2.28 bits per heavy atom. The highest BCUT2D eigenvalue weighted by molar-refractivity contribution is 7.92. The van der Waals surface area contributed by atoms with Gasteiger partial charge in [0.25, 0.3) is 0 Å². The first-order valence-electron chi connectivity index (χ1n) is 5.96. The maximum absolute atomic E-state index is 13.3. The molecule has 1 heterocycles. The highest BCUT2D eigenvalue weighted by Gasteiger charge is 2.22. The van der Waals surface area contributed by atoms with Crippen LogP contribution in [0, 0.1) is 12.7 Å². The second-order valence-electron chi connectivity index (χ2n) is 4.64. The number of halogens is 1. The summed E-state index contributed by atoms with van der Waals surface area (Å²) in [6, 6.07) is 4.33. The number of benzene rings is 1. The first-order chi connectivity index (χ1) is 8.46. The van der Waals surface area contributed by atoms with Crippen LogP contribution in [0.4, 0.5) is 10.1 Å². The van der Waals surface area contributed by atoms with E-state index in [1.54, 1.807) is 19.1 Å². The minimum absolute atomic E-state index is 0.00204. The molecule has 1 aromatic carbocycles. The van der Waals surface area contributed by atoms with Crippen molar-refractivity contribution in [2.24, 2.45) is 0 Å². The molecule has 0 spiro atoms. The number of aryl methyl sites for hydroxylation is 1. The van der Waals surface area contributed by atoms with Gasteiger partial charge in [0.2, 0.25) is 10.0 Å². The van der Waals surface area contributed by atoms with Gasteiger partial charge in [-0.05, 0) is 44.0 Å². The molecular weight excluding hydrogens is 255 g/mol. The second kappa shape index (κ2) is 5.24. The molecule has 0 aliphatic carbocycles. The third-order valence-electron chi connectivity index (χ3n) is 3.03. The number of nitrogens with one attached hydrogen (secondary N) is 2. The van der Waals surface area contributed by atoms with Crippen LogP contribution in [-0.4, -0.2) is 26.8 Å². The van der Waals surface area contributed by atoms with Gasteiger partial charge in [0.1, 0.15) is 5.82 Å². The maximum Gasteiger partial charge on any atom is 0.234 e. The van der Waals surface area contributed by atoms with Crippen molar-refractivity contribution in [3.8, 4) is 0 Å². The Hall–Kier alpha value is -1.14. The van der Waals surface area contributed by atoms with Gasteiger partial charge in [-0.15, -0.1) is 0 Å². The van der Waals surface area contributed by atoms with E-state index in [-0.39, 0.29) is 17.5 Å². The summed E-state index contributed by atoms with van der Waals surface area (Å²) in [5, 5.41) is 3.13. The number of sulfonamides is 1. The lowest BCUT2D eigenvalue weighted by Gasteiger charge is -2.13. The lowest BCUT2D eigenvalue weighted by Crippen LogP contribution is -2.32. The predicted molar refractivity (Wildman–Crippen MR) is 69.6 cm³/mol. The van der Waals surface area contributed by atoms with Gasteiger partial charge in [-0.3, -0.25) is 4.72 Å². The molecule has 1 aromatic rings. The van der Waals surface area contributed by atoms with Crippen molar-refractivity contribution in [2.45, 2.75) is 25.8 Å². The summed E-state index contributed by atoms with van der Waals surface area (Å²) in [7, 11) is -3.43. The summed E-state index contributed by atoms with van der Waals surface area (Å²) in [5.74, 6) is -0.378. The molecule has 18 heavy (non-hydrogen) atoms. The molecule has 0 amide bonds. The third-order valence-corrected chi connectivity index (χ3v) is 4.42. The van der Waals surface area contributed by atoms with Crippen LogP contribution < -0.4 is 10.0 Å². The Kier molecular flexibility index (Phi) is 3.87. The molecule has 6 heteroatoms. The molecule has 1 saturated heterocycles. The van der Waals surface area contributed by atoms with Crippen LogP contribution in [0.3, 0.4) is 0 Å². The van der Waals surface area contributed by atoms with Crippen molar-refractivity contribution in [2.75, 3.05) is 17.0 Å². The van der Waals surface area contributed by atoms with E-state index in [1.165, 1.54) is 6.07 Å². The predicted octanol–water partition coefficient (Wildman–Crippen LogP) is 1.63. The summed E-state index contributed by atoms with van der Waals surface area (Å²) in [6.07, 6.45) is 1.86. The lowest BCUT2D eigenvalue weighted by atomic mass is 10.2. The number of hydrogen-bond donors (Lipinski definition) is 2. The van der Waals surface area contributed by atoms with E-state index < -0.39 is 15.8 Å². The molecule has 0 radical (unpaired) electrons. The number of hydrogen-bond acceptors (Lipinski definition) is 3. The summed E-state index contributed by atoms with van der Waals surface area (Å²) in [5.41, 5.74) is 0.770. The first kappa shape index (κ1) is 13.3. The first-order valence-corrected chi connectivity index (χ1v) is 7.61. The largest absolute Gasteiger partial charge is 0.313 e. The summed E-state index contributed by atoms with van der Waals surface area (Å²) in [4.78, 5) is 0. The molecule has 1 aliphatic rings. The zero-order valence-electron chi connectivity index (χ0n) is 10.2. The zero-order valence-corrected chi connectivity index (χ0v) is 11.1. The molecule has 2 rings (SSSR count). The quantitative estimate of drug-likeness (QED) is 0.876. The van der Waals surface area contributed by atoms with Gasteiger partial charge in [-0.25, -0.2) is 12.8 Å². The van der Waals surface area contributed by atoms with Gasteiger partial charge in [0, 0.05) is 6.04 Å². The van der Waals surface area contributed by atoms with Crippen LogP contribution in [0.1, 0.15) is 18.4 Å². The molecule has 2 N–H and O–H groups in total. The molecule has 0 saturated carbocycles. The van der Waals surface area contributed by atoms with Gasteiger partial charge in [-0.1, -0.05) is 6.07 Å². The normalized spacial score (nSPS) is 20.0. The fourth-order valence-electron chi connectivity index (χ4n) is 2.04. The fraction of sp³-hybridized carbons (Fsp3) is 0.500. The molecule has 1 aliphatic heterocycles. The second-order valence-corrected chi connectivity index (χ2v) is 6.41. The van der Waals surface area contributed by atoms with Crippen LogP contribution in [0.5, 0.6) is 0 Å². The molecule has 1 unspecified atom stereocenters. The minimum atomic E-state index is -3.43. The monoisotopic (exact) mass is 272 g/mol. The fourth-order valence-corrected chi connectivity index (χ4v) is 3.43. The van der Waals surface area contributed by atoms with Gasteiger partial charge in [0.05, 0.1) is 11.4 Å². The summed E-state index contributed by atoms with van der Waals surface area (Å²) in [6.45, 7) is 2.50. The third kappa shape index (κ3) is 3.43. The van der Waals surface area contributed by atoms with E-state index >= 15 is 0 Å². The average Bonchev–Trinajstić information content (AvgIpc) is 2.75. The van der Waals surface area contributed by atoms with Crippen molar-refractivity contribution in [3.63, 3.8) is 0 Å². The van der Waals surface area contributed by atoms with Crippen LogP contribution in [-0.2, 0) is 10.0 Å². The standard InChI is InChI=1S/C12H17FN2O2S/c1-9-4-5-10(7-12(9)13)15-18(16,17)8-11-3-2-6-14-11/h4-5,7,11,14-15H,2-3,6,8H2,1H3. The van der Waals surface area contributed by atoms with Gasteiger partial charge in [0.15, 0.2) is 0 Å². The van der Waals surface area contributed by atoms with Gasteiger partial charge < -0.3 is 5.32 Å². The maximum atomic E-state index is 13.3. The number of rotatable bonds is 4. The molecule has 1 fully saturated rings. The molecule has 0 aromatic heterocycles. The number of anilines is 1. The Labute approximate surface area is 107 Å². The lowest BCUT2D eigenvalue weighted by molar-refractivity contribution is 0.581. The van der Waals surface area contributed by atoms with Crippen molar-refractivity contribution in [1.29, 1.82) is 0 Å². The van der Waals surface area contributed by atoms with Crippen molar-refractivity contribution in [3.05, 3.63) is 29.6 Å². The molecule has 1 atom stereocenters. The highest BCUT2D eigenvalue weighted by atomic mass is 32.2. The summed E-state index contributed by atoms with van der Waals surface area (Å²) < 4.78 is 39.5. The molecule has 100 valence electrons. The molecular formula is C12H17FN2O2S. The minimum Gasteiger partial charge on any atom is -0.313 e. The van der Waals surface area contributed by atoms with Crippen LogP contribution in [0.15, 0.2) is 18.2 Å².